The van der Waals surface area contributed by atoms with Crippen LogP contribution in [0.4, 0.5) is 10.1 Å². The van der Waals surface area contributed by atoms with Crippen LogP contribution in [-0.4, -0.2) is 11.9 Å². The second-order valence-electron chi connectivity index (χ2n) is 3.95. The molecule has 2 atom stereocenters. The van der Waals surface area contributed by atoms with Crippen molar-refractivity contribution in [3.63, 3.8) is 0 Å². The molecule has 0 aromatic heterocycles. The average molecular weight is 208 g/mol. The van der Waals surface area contributed by atoms with Crippen molar-refractivity contribution < 1.29 is 9.18 Å². The van der Waals surface area contributed by atoms with Gasteiger partial charge in [0.2, 0.25) is 5.91 Å². The lowest BCUT2D eigenvalue weighted by Crippen LogP contribution is -2.19. The molecule has 1 saturated carbocycles. The fourth-order valence-corrected chi connectivity index (χ4v) is 1.51. The average Bonchev–Trinajstić information content (AvgIpc) is 2.88. The highest BCUT2D eigenvalue weighted by molar-refractivity contribution is 5.95. The summed E-state index contributed by atoms with van der Waals surface area (Å²) in [6.07, 6.45) is 0.742. The third-order valence-electron chi connectivity index (χ3n) is 2.62. The summed E-state index contributed by atoms with van der Waals surface area (Å²) in [5.74, 6) is -0.444. The molecular weight excluding hydrogens is 195 g/mol. The van der Waals surface area contributed by atoms with Gasteiger partial charge in [0.1, 0.15) is 5.82 Å². The normalized spacial score (nSPS) is 23.7. The van der Waals surface area contributed by atoms with Gasteiger partial charge in [-0.25, -0.2) is 4.39 Å². The number of nitrogens with one attached hydrogen (secondary N) is 1. The van der Waals surface area contributed by atoms with Crippen LogP contribution in [0, 0.1) is 18.7 Å². The number of carbonyl (C=O) groups is 1. The van der Waals surface area contributed by atoms with Crippen molar-refractivity contribution >= 4 is 11.6 Å². The number of hydrogen-bond donors (Lipinski definition) is 2. The van der Waals surface area contributed by atoms with Gasteiger partial charge in [-0.1, -0.05) is 0 Å². The molecule has 1 amide bonds. The highest BCUT2D eigenvalue weighted by Crippen LogP contribution is 2.29. The molecule has 4 heteroatoms. The lowest BCUT2D eigenvalue weighted by molar-refractivity contribution is -0.117. The zero-order valence-corrected chi connectivity index (χ0v) is 8.46. The van der Waals surface area contributed by atoms with Crippen LogP contribution in [-0.2, 0) is 4.79 Å². The summed E-state index contributed by atoms with van der Waals surface area (Å²) in [6.45, 7) is 1.76. The van der Waals surface area contributed by atoms with Gasteiger partial charge in [0.05, 0.1) is 5.92 Å². The topological polar surface area (TPSA) is 55.1 Å². The summed E-state index contributed by atoms with van der Waals surface area (Å²) < 4.78 is 12.8. The largest absolute Gasteiger partial charge is 0.327 e. The van der Waals surface area contributed by atoms with Gasteiger partial charge in [-0.2, -0.15) is 0 Å². The predicted molar refractivity (Wildman–Crippen MR) is 55.8 cm³/mol. The number of rotatable bonds is 2. The Labute approximate surface area is 87.5 Å². The quantitative estimate of drug-likeness (QED) is 0.772. The standard InChI is InChI=1S/C11H13FN2O/c1-6-4-7(12)2-3-10(6)14-11(15)8-5-9(8)13/h2-4,8-9H,5,13H2,1H3,(H,14,15). The first-order valence-electron chi connectivity index (χ1n) is 4.90. The molecule has 3 nitrogen and oxygen atoms in total. The van der Waals surface area contributed by atoms with Gasteiger partial charge < -0.3 is 11.1 Å². The Morgan fingerprint density at radius 3 is 2.80 bits per heavy atom. The SMILES string of the molecule is Cc1cc(F)ccc1NC(=O)C1CC1N. The number of aryl methyl sites for hydroxylation is 1. The van der Waals surface area contributed by atoms with Gasteiger partial charge in [0.25, 0.3) is 0 Å². The van der Waals surface area contributed by atoms with Gasteiger partial charge in [0.15, 0.2) is 0 Å². The fourth-order valence-electron chi connectivity index (χ4n) is 1.51. The predicted octanol–water partition coefficient (Wildman–Crippen LogP) is 1.42. The number of benzene rings is 1. The lowest BCUT2D eigenvalue weighted by atomic mass is 10.2. The van der Waals surface area contributed by atoms with E-state index in [0.29, 0.717) is 5.69 Å². The molecule has 1 aromatic carbocycles. The first-order valence-corrected chi connectivity index (χ1v) is 4.90. The molecule has 0 spiro atoms. The van der Waals surface area contributed by atoms with E-state index in [9.17, 15) is 9.18 Å². The van der Waals surface area contributed by atoms with Crippen LogP contribution in [0.15, 0.2) is 18.2 Å². The molecule has 1 aromatic rings. The Morgan fingerprint density at radius 2 is 2.27 bits per heavy atom. The first-order chi connectivity index (χ1) is 7.08. The molecule has 0 heterocycles. The van der Waals surface area contributed by atoms with Crippen LogP contribution >= 0.6 is 0 Å². The summed E-state index contributed by atoms with van der Waals surface area (Å²) in [5, 5.41) is 2.74. The number of halogens is 1. The van der Waals surface area contributed by atoms with Crippen LogP contribution in [0.5, 0.6) is 0 Å². The summed E-state index contributed by atoms with van der Waals surface area (Å²) in [5.41, 5.74) is 6.94. The smallest absolute Gasteiger partial charge is 0.229 e. The van der Waals surface area contributed by atoms with E-state index in [1.165, 1.54) is 12.1 Å². The third kappa shape index (κ3) is 2.15. The van der Waals surface area contributed by atoms with Gasteiger partial charge in [-0.15, -0.1) is 0 Å². The fraction of sp³-hybridized carbons (Fsp3) is 0.364. The van der Waals surface area contributed by atoms with Crippen molar-refractivity contribution in [2.45, 2.75) is 19.4 Å². The van der Waals surface area contributed by atoms with Gasteiger partial charge in [-0.05, 0) is 37.1 Å². The highest BCUT2D eigenvalue weighted by Gasteiger charge is 2.40. The maximum Gasteiger partial charge on any atom is 0.229 e. The van der Waals surface area contributed by atoms with Crippen LogP contribution in [0.25, 0.3) is 0 Å². The molecule has 3 N–H and O–H groups in total. The maximum absolute atomic E-state index is 12.8. The zero-order chi connectivity index (χ0) is 11.0. The second-order valence-corrected chi connectivity index (χ2v) is 3.95. The van der Waals surface area contributed by atoms with E-state index in [1.54, 1.807) is 13.0 Å². The maximum atomic E-state index is 12.8. The minimum atomic E-state index is -0.298. The van der Waals surface area contributed by atoms with Crippen molar-refractivity contribution in [2.75, 3.05) is 5.32 Å². The summed E-state index contributed by atoms with van der Waals surface area (Å²) in [4.78, 5) is 11.5. The summed E-state index contributed by atoms with van der Waals surface area (Å²) in [6, 6.07) is 4.28. The Balaban J connectivity index is 2.07. The Hall–Kier alpha value is -1.42. The highest BCUT2D eigenvalue weighted by atomic mass is 19.1. The minimum absolute atomic E-state index is 0.00856. The number of anilines is 1. The van der Waals surface area contributed by atoms with E-state index in [2.05, 4.69) is 5.32 Å². The van der Waals surface area contributed by atoms with Crippen molar-refractivity contribution in [3.05, 3.63) is 29.6 Å². The van der Waals surface area contributed by atoms with Gasteiger partial charge >= 0.3 is 0 Å². The van der Waals surface area contributed by atoms with E-state index in [-0.39, 0.29) is 23.7 Å². The minimum Gasteiger partial charge on any atom is -0.327 e. The molecule has 2 unspecified atom stereocenters. The third-order valence-corrected chi connectivity index (χ3v) is 2.62. The van der Waals surface area contributed by atoms with Crippen LogP contribution in [0.3, 0.4) is 0 Å². The lowest BCUT2D eigenvalue weighted by Gasteiger charge is -2.07. The van der Waals surface area contributed by atoms with Crippen LogP contribution in [0.2, 0.25) is 0 Å². The molecule has 80 valence electrons. The van der Waals surface area contributed by atoms with Gasteiger partial charge in [-0.3, -0.25) is 4.79 Å². The number of carbonyl (C=O) groups excluding carboxylic acids is 1. The number of hydrogen-bond acceptors (Lipinski definition) is 2. The van der Waals surface area contributed by atoms with E-state index in [0.717, 1.165) is 12.0 Å². The number of nitrogens with two attached hydrogens (primary N) is 1. The molecule has 1 fully saturated rings. The Bertz CT molecular complexity index is 406. The molecule has 0 bridgehead atoms. The van der Waals surface area contributed by atoms with E-state index in [1.807, 2.05) is 0 Å². The van der Waals surface area contributed by atoms with E-state index >= 15 is 0 Å². The van der Waals surface area contributed by atoms with Crippen LogP contribution in [0.1, 0.15) is 12.0 Å². The zero-order valence-electron chi connectivity index (χ0n) is 8.46. The first kappa shape index (κ1) is 10.1. The van der Waals surface area contributed by atoms with Gasteiger partial charge in [0, 0.05) is 11.7 Å². The molecule has 2 rings (SSSR count). The monoisotopic (exact) mass is 208 g/mol. The van der Waals surface area contributed by atoms with Crippen molar-refractivity contribution in [3.8, 4) is 0 Å². The van der Waals surface area contributed by atoms with E-state index in [4.69, 9.17) is 5.73 Å². The molecule has 1 aliphatic carbocycles. The number of amides is 1. The van der Waals surface area contributed by atoms with Crippen LogP contribution < -0.4 is 11.1 Å². The Morgan fingerprint density at radius 1 is 1.60 bits per heavy atom. The molecular formula is C11H13FN2O. The summed E-state index contributed by atoms with van der Waals surface area (Å²) in [7, 11) is 0. The molecule has 15 heavy (non-hydrogen) atoms. The Kier molecular flexibility index (Phi) is 2.44. The molecule has 1 aliphatic rings. The van der Waals surface area contributed by atoms with E-state index < -0.39 is 0 Å². The summed E-state index contributed by atoms with van der Waals surface area (Å²) >= 11 is 0. The molecule has 0 saturated heterocycles. The van der Waals surface area contributed by atoms with Crippen molar-refractivity contribution in [1.82, 2.24) is 0 Å². The van der Waals surface area contributed by atoms with Crippen molar-refractivity contribution in [2.24, 2.45) is 11.7 Å². The van der Waals surface area contributed by atoms with Crippen molar-refractivity contribution in [1.29, 1.82) is 0 Å². The molecule has 0 radical (unpaired) electrons. The second kappa shape index (κ2) is 3.62. The molecule has 0 aliphatic heterocycles.